The Morgan fingerprint density at radius 1 is 0.875 bits per heavy atom. The molecule has 1 atom stereocenters. The highest BCUT2D eigenvalue weighted by Gasteiger charge is 2.29. The summed E-state index contributed by atoms with van der Waals surface area (Å²) in [5.74, 6) is 2.01. The van der Waals surface area contributed by atoms with Crippen molar-refractivity contribution in [1.29, 1.82) is 0 Å². The van der Waals surface area contributed by atoms with Crippen LogP contribution < -0.4 is 0 Å². The Morgan fingerprint density at radius 2 is 1.56 bits per heavy atom. The molecule has 0 radical (unpaired) electrons. The molecule has 3 heterocycles. The Balaban J connectivity index is 1.39. The molecule has 7 heteroatoms. The van der Waals surface area contributed by atoms with Gasteiger partial charge in [0, 0.05) is 55.5 Å². The summed E-state index contributed by atoms with van der Waals surface area (Å²) in [4.78, 5) is 39.2. The minimum Gasteiger partial charge on any atom is -0.378 e. The second kappa shape index (κ2) is 10.7. The molecule has 1 aromatic heterocycles. The smallest absolute Gasteiger partial charge is 0.227 e. The molecule has 1 aliphatic carbocycles. The van der Waals surface area contributed by atoms with E-state index in [1.165, 1.54) is 32.1 Å². The minimum absolute atomic E-state index is 0.119. The number of amides is 2. The molecule has 3 aliphatic rings. The van der Waals surface area contributed by atoms with Gasteiger partial charge in [-0.2, -0.15) is 0 Å². The molecule has 0 unspecified atom stereocenters. The maximum absolute atomic E-state index is 12.9. The van der Waals surface area contributed by atoms with Gasteiger partial charge in [-0.05, 0) is 45.4 Å². The summed E-state index contributed by atoms with van der Waals surface area (Å²) >= 11 is 0. The van der Waals surface area contributed by atoms with Crippen molar-refractivity contribution >= 4 is 11.8 Å². The van der Waals surface area contributed by atoms with Gasteiger partial charge in [-0.15, -0.1) is 0 Å². The second-order valence-electron chi connectivity index (χ2n) is 9.79. The Kier molecular flexibility index (Phi) is 7.76. The predicted molar refractivity (Wildman–Crippen MR) is 122 cm³/mol. The number of morpholine rings is 1. The monoisotopic (exact) mass is 442 g/mol. The first-order chi connectivity index (χ1) is 15.5. The lowest BCUT2D eigenvalue weighted by Crippen LogP contribution is -2.41. The number of ether oxygens (including phenoxy) is 1. The van der Waals surface area contributed by atoms with Crippen LogP contribution in [-0.2, 0) is 20.7 Å². The Labute approximate surface area is 191 Å². The normalized spacial score (nSPS) is 22.8. The van der Waals surface area contributed by atoms with Crippen LogP contribution in [0, 0.1) is 19.8 Å². The highest BCUT2D eigenvalue weighted by atomic mass is 16.5. The lowest BCUT2D eigenvalue weighted by Gasteiger charge is -2.34. The van der Waals surface area contributed by atoms with E-state index in [2.05, 4.69) is 0 Å². The quantitative estimate of drug-likeness (QED) is 0.700. The van der Waals surface area contributed by atoms with Crippen molar-refractivity contribution in [3.05, 3.63) is 22.8 Å². The van der Waals surface area contributed by atoms with Crippen molar-refractivity contribution in [2.45, 2.75) is 77.6 Å². The van der Waals surface area contributed by atoms with Crippen molar-refractivity contribution in [2.75, 3.05) is 39.4 Å². The molecule has 1 saturated carbocycles. The molecule has 4 rings (SSSR count). The Bertz CT molecular complexity index is 792. The van der Waals surface area contributed by atoms with Crippen LogP contribution in [0.2, 0.25) is 0 Å². The largest absolute Gasteiger partial charge is 0.378 e. The van der Waals surface area contributed by atoms with Crippen LogP contribution in [-0.4, -0.2) is 71.0 Å². The minimum atomic E-state index is 0.119. The van der Waals surface area contributed by atoms with Gasteiger partial charge in [-0.25, -0.2) is 9.97 Å². The number of likely N-dealkylation sites (tertiary alicyclic amines) is 1. The van der Waals surface area contributed by atoms with E-state index in [4.69, 9.17) is 14.7 Å². The van der Waals surface area contributed by atoms with E-state index in [0.29, 0.717) is 51.0 Å². The number of aromatic nitrogens is 2. The number of piperidine rings is 1. The van der Waals surface area contributed by atoms with Gasteiger partial charge in [-0.3, -0.25) is 9.59 Å². The number of hydrogen-bond donors (Lipinski definition) is 0. The van der Waals surface area contributed by atoms with E-state index in [9.17, 15) is 9.59 Å². The van der Waals surface area contributed by atoms with E-state index >= 15 is 0 Å². The summed E-state index contributed by atoms with van der Waals surface area (Å²) in [6, 6.07) is 0. The van der Waals surface area contributed by atoms with Crippen LogP contribution in [0.3, 0.4) is 0 Å². The lowest BCUT2D eigenvalue weighted by atomic mass is 9.86. The first-order valence-electron chi connectivity index (χ1n) is 12.5. The van der Waals surface area contributed by atoms with Gasteiger partial charge in [0.1, 0.15) is 5.82 Å². The maximum Gasteiger partial charge on any atom is 0.227 e. The fraction of sp³-hybridized carbons (Fsp3) is 0.760. The van der Waals surface area contributed by atoms with Gasteiger partial charge in [0.05, 0.1) is 19.6 Å². The Hall–Kier alpha value is -2.02. The summed E-state index contributed by atoms with van der Waals surface area (Å²) in [5.41, 5.74) is 2.71. The number of rotatable bonds is 5. The number of carbonyl (C=O) groups is 2. The van der Waals surface area contributed by atoms with Crippen LogP contribution in [0.5, 0.6) is 0 Å². The molecule has 0 aromatic carbocycles. The predicted octanol–water partition coefficient (Wildman–Crippen LogP) is 3.17. The zero-order chi connectivity index (χ0) is 22.5. The van der Waals surface area contributed by atoms with Crippen molar-refractivity contribution in [2.24, 2.45) is 5.92 Å². The number of aryl methyl sites for hydroxylation is 2. The van der Waals surface area contributed by atoms with E-state index in [1.807, 2.05) is 23.6 Å². The zero-order valence-electron chi connectivity index (χ0n) is 19.8. The molecular weight excluding hydrogens is 404 g/mol. The number of carbonyl (C=O) groups excluding carboxylic acids is 2. The summed E-state index contributed by atoms with van der Waals surface area (Å²) in [6.45, 7) is 8.06. The molecule has 176 valence electrons. The van der Waals surface area contributed by atoms with Crippen molar-refractivity contribution in [3.63, 3.8) is 0 Å². The topological polar surface area (TPSA) is 75.6 Å². The molecule has 32 heavy (non-hydrogen) atoms. The molecule has 0 bridgehead atoms. The third-order valence-corrected chi connectivity index (χ3v) is 7.46. The summed E-state index contributed by atoms with van der Waals surface area (Å²) in [6.07, 6.45) is 9.33. The Morgan fingerprint density at radius 3 is 2.25 bits per heavy atom. The summed E-state index contributed by atoms with van der Waals surface area (Å²) in [5, 5.41) is 0. The molecule has 2 saturated heterocycles. The summed E-state index contributed by atoms with van der Waals surface area (Å²) in [7, 11) is 0. The number of hydrogen-bond acceptors (Lipinski definition) is 5. The first kappa shape index (κ1) is 23.1. The third kappa shape index (κ3) is 5.66. The van der Waals surface area contributed by atoms with Gasteiger partial charge in [0.25, 0.3) is 0 Å². The molecule has 7 nitrogen and oxygen atoms in total. The molecule has 2 aliphatic heterocycles. The molecular formula is C25H38N4O3. The molecule has 1 aromatic rings. The van der Waals surface area contributed by atoms with Crippen molar-refractivity contribution in [1.82, 2.24) is 19.8 Å². The maximum atomic E-state index is 12.9. The van der Waals surface area contributed by atoms with Crippen LogP contribution >= 0.6 is 0 Å². The lowest BCUT2D eigenvalue weighted by molar-refractivity contribution is -0.135. The van der Waals surface area contributed by atoms with E-state index in [-0.39, 0.29) is 11.8 Å². The molecule has 0 spiro atoms. The van der Waals surface area contributed by atoms with Crippen LogP contribution in [0.1, 0.15) is 80.1 Å². The van der Waals surface area contributed by atoms with E-state index in [1.54, 1.807) is 0 Å². The van der Waals surface area contributed by atoms with E-state index in [0.717, 1.165) is 48.7 Å². The van der Waals surface area contributed by atoms with Crippen LogP contribution in [0.15, 0.2) is 0 Å². The van der Waals surface area contributed by atoms with Gasteiger partial charge in [0.2, 0.25) is 11.8 Å². The standard InChI is InChI=1S/C25H38N4O3/c1-18-22(16-24(31)28-11-13-32-14-12-28)19(2)27-25(26-18)21-9-6-10-29(17-21)23(30)15-20-7-4-3-5-8-20/h20-21H,3-17H2,1-2H3/t21-/m0/s1. The van der Waals surface area contributed by atoms with Crippen LogP contribution in [0.4, 0.5) is 0 Å². The first-order valence-corrected chi connectivity index (χ1v) is 12.5. The fourth-order valence-corrected chi connectivity index (χ4v) is 5.46. The van der Waals surface area contributed by atoms with Crippen molar-refractivity contribution in [3.8, 4) is 0 Å². The third-order valence-electron chi connectivity index (χ3n) is 7.46. The SMILES string of the molecule is Cc1nc([C@H]2CCCN(C(=O)CC3CCCCC3)C2)nc(C)c1CC(=O)N1CCOCC1. The number of nitrogens with zero attached hydrogens (tertiary/aromatic N) is 4. The van der Waals surface area contributed by atoms with E-state index < -0.39 is 0 Å². The summed E-state index contributed by atoms with van der Waals surface area (Å²) < 4.78 is 5.35. The second-order valence-corrected chi connectivity index (χ2v) is 9.79. The van der Waals surface area contributed by atoms with Gasteiger partial charge in [0.15, 0.2) is 0 Å². The average molecular weight is 443 g/mol. The highest BCUT2D eigenvalue weighted by Crippen LogP contribution is 2.30. The molecule has 2 amide bonds. The van der Waals surface area contributed by atoms with Gasteiger partial charge < -0.3 is 14.5 Å². The molecule has 3 fully saturated rings. The molecule has 0 N–H and O–H groups in total. The van der Waals surface area contributed by atoms with Crippen LogP contribution in [0.25, 0.3) is 0 Å². The van der Waals surface area contributed by atoms with Gasteiger partial charge >= 0.3 is 0 Å². The zero-order valence-corrected chi connectivity index (χ0v) is 19.8. The van der Waals surface area contributed by atoms with Crippen molar-refractivity contribution < 1.29 is 14.3 Å². The average Bonchev–Trinajstić information content (AvgIpc) is 2.82. The fourth-order valence-electron chi connectivity index (χ4n) is 5.46. The highest BCUT2D eigenvalue weighted by molar-refractivity contribution is 5.79. The van der Waals surface area contributed by atoms with Gasteiger partial charge in [-0.1, -0.05) is 19.3 Å².